The molecule has 0 heterocycles. The predicted octanol–water partition coefficient (Wildman–Crippen LogP) is 1.15. The summed E-state index contributed by atoms with van der Waals surface area (Å²) in [6.45, 7) is 5.77. The number of hydrogen-bond acceptors (Lipinski definition) is 3. The molecule has 0 aliphatic rings. The first-order chi connectivity index (χ1) is 3.66. The Morgan fingerprint density at radius 1 is 1.62 bits per heavy atom. The van der Waals surface area contributed by atoms with E-state index in [1.807, 2.05) is 13.8 Å². The molecule has 0 atom stereocenters. The zero-order chi connectivity index (χ0) is 6.57. The Labute approximate surface area is 49.8 Å². The van der Waals surface area contributed by atoms with Gasteiger partial charge in [-0.15, -0.1) is 0 Å². The first kappa shape index (κ1) is 7.88. The van der Waals surface area contributed by atoms with Gasteiger partial charge in [-0.2, -0.15) is 0 Å². The van der Waals surface area contributed by atoms with Crippen LogP contribution in [0.3, 0.4) is 0 Å². The van der Waals surface area contributed by atoms with Crippen LogP contribution in [0.1, 0.15) is 20.8 Å². The molecule has 3 nitrogen and oxygen atoms in total. The third kappa shape index (κ3) is 4.05. The van der Waals surface area contributed by atoms with Gasteiger partial charge in [0.1, 0.15) is 0 Å². The van der Waals surface area contributed by atoms with E-state index >= 15 is 0 Å². The van der Waals surface area contributed by atoms with Crippen LogP contribution in [0, 0.1) is 5.21 Å². The molecule has 0 radical (unpaired) electrons. The van der Waals surface area contributed by atoms with Gasteiger partial charge in [0.05, 0.1) is 6.10 Å². The summed E-state index contributed by atoms with van der Waals surface area (Å²) in [5.41, 5.74) is 0. The summed E-state index contributed by atoms with van der Waals surface area (Å²) < 4.78 is 0. The van der Waals surface area contributed by atoms with Crippen LogP contribution in [0.5, 0.6) is 0 Å². The van der Waals surface area contributed by atoms with Crippen molar-refractivity contribution in [1.82, 2.24) is 5.23 Å². The highest BCUT2D eigenvalue weighted by Crippen LogP contribution is 1.91. The van der Waals surface area contributed by atoms with Crippen molar-refractivity contribution in [3.63, 3.8) is 0 Å². The Morgan fingerprint density at radius 2 is 2.12 bits per heavy atom. The molecule has 3 heteroatoms. The second-order valence-electron chi connectivity index (χ2n) is 1.80. The second kappa shape index (κ2) is 3.83. The molecule has 0 N–H and O–H groups in total. The Morgan fingerprint density at radius 3 is 2.25 bits per heavy atom. The quantitative estimate of drug-likeness (QED) is 0.521. The first-order valence-electron chi connectivity index (χ1n) is 2.78. The first-order valence-corrected chi connectivity index (χ1v) is 2.78. The minimum atomic E-state index is -0.00699. The fraction of sp³-hybridized carbons (Fsp3) is 1.00. The largest absolute Gasteiger partial charge is 0.762 e. The Bertz CT molecular complexity index is 56.4. The molecule has 0 saturated heterocycles. The van der Waals surface area contributed by atoms with Crippen LogP contribution in [0.4, 0.5) is 0 Å². The van der Waals surface area contributed by atoms with E-state index in [0.717, 1.165) is 0 Å². The highest BCUT2D eigenvalue weighted by molar-refractivity contribution is 4.38. The molecule has 0 aliphatic heterocycles. The lowest BCUT2D eigenvalue weighted by Gasteiger charge is -2.27. The Hall–Kier alpha value is -0.120. The van der Waals surface area contributed by atoms with Gasteiger partial charge in [0.2, 0.25) is 0 Å². The van der Waals surface area contributed by atoms with E-state index in [4.69, 9.17) is 0 Å². The van der Waals surface area contributed by atoms with Gasteiger partial charge in [-0.25, -0.2) is 0 Å². The van der Waals surface area contributed by atoms with Crippen molar-refractivity contribution in [1.29, 1.82) is 0 Å². The maximum atomic E-state index is 10.3. The molecule has 50 valence electrons. The molecule has 0 aromatic carbocycles. The van der Waals surface area contributed by atoms with Crippen molar-refractivity contribution in [2.75, 3.05) is 6.54 Å². The molecular formula is C5H12NO2-. The number of rotatable bonds is 3. The van der Waals surface area contributed by atoms with Gasteiger partial charge >= 0.3 is 0 Å². The van der Waals surface area contributed by atoms with E-state index in [0.29, 0.717) is 11.8 Å². The van der Waals surface area contributed by atoms with Gasteiger partial charge in [0, 0.05) is 6.54 Å². The van der Waals surface area contributed by atoms with Crippen LogP contribution in [-0.2, 0) is 4.84 Å². The molecule has 0 bridgehead atoms. The molecule has 0 rings (SSSR count). The molecule has 0 aromatic rings. The van der Waals surface area contributed by atoms with Crippen LogP contribution < -0.4 is 0 Å². The summed E-state index contributed by atoms with van der Waals surface area (Å²) in [6, 6.07) is 0. The van der Waals surface area contributed by atoms with E-state index in [2.05, 4.69) is 4.84 Å². The molecule has 0 unspecified atom stereocenters. The van der Waals surface area contributed by atoms with Crippen molar-refractivity contribution >= 4 is 0 Å². The van der Waals surface area contributed by atoms with Crippen molar-refractivity contribution in [3.8, 4) is 0 Å². The molecule has 0 aromatic heterocycles. The van der Waals surface area contributed by atoms with E-state index in [9.17, 15) is 5.21 Å². The van der Waals surface area contributed by atoms with Crippen LogP contribution in [0.2, 0.25) is 0 Å². The van der Waals surface area contributed by atoms with E-state index in [1.54, 1.807) is 6.92 Å². The normalized spacial score (nSPS) is 11.2. The second-order valence-corrected chi connectivity index (χ2v) is 1.80. The summed E-state index contributed by atoms with van der Waals surface area (Å²) in [6.07, 6.45) is -0.00699. The van der Waals surface area contributed by atoms with Crippen LogP contribution in [0.25, 0.3) is 0 Å². The number of hydrogen-bond donors (Lipinski definition) is 0. The van der Waals surface area contributed by atoms with Crippen molar-refractivity contribution in [2.45, 2.75) is 26.9 Å². The minimum absolute atomic E-state index is 0.00699. The summed E-state index contributed by atoms with van der Waals surface area (Å²) in [4.78, 5) is 4.68. The fourth-order valence-corrected chi connectivity index (χ4v) is 0.310. The van der Waals surface area contributed by atoms with E-state index < -0.39 is 0 Å². The van der Waals surface area contributed by atoms with E-state index in [-0.39, 0.29) is 6.10 Å². The Balaban J connectivity index is 3.10. The maximum absolute atomic E-state index is 10.3. The average molecular weight is 118 g/mol. The minimum Gasteiger partial charge on any atom is -0.762 e. The molecule has 0 amide bonds. The SMILES string of the molecule is CCN([O-])OC(C)C. The number of nitrogens with zero attached hydrogens (tertiary/aromatic N) is 1. The zero-order valence-corrected chi connectivity index (χ0v) is 5.55. The summed E-state index contributed by atoms with van der Waals surface area (Å²) >= 11 is 0. The topological polar surface area (TPSA) is 35.5 Å². The van der Waals surface area contributed by atoms with Crippen molar-refractivity contribution < 1.29 is 4.84 Å². The summed E-state index contributed by atoms with van der Waals surface area (Å²) in [5.74, 6) is 0. The molecule has 0 fully saturated rings. The lowest BCUT2D eigenvalue weighted by molar-refractivity contribution is -0.149. The van der Waals surface area contributed by atoms with Gasteiger partial charge in [0.25, 0.3) is 0 Å². The van der Waals surface area contributed by atoms with Crippen LogP contribution in [-0.4, -0.2) is 17.9 Å². The van der Waals surface area contributed by atoms with Gasteiger partial charge in [-0.05, 0) is 13.8 Å². The molecular weight excluding hydrogens is 106 g/mol. The lowest BCUT2D eigenvalue weighted by Crippen LogP contribution is -2.20. The predicted molar refractivity (Wildman–Crippen MR) is 32.0 cm³/mol. The molecule has 0 spiro atoms. The summed E-state index contributed by atoms with van der Waals surface area (Å²) in [5, 5.41) is 10.9. The summed E-state index contributed by atoms with van der Waals surface area (Å²) in [7, 11) is 0. The highest BCUT2D eigenvalue weighted by Gasteiger charge is 1.90. The molecule has 8 heavy (non-hydrogen) atoms. The number of hydroxylamine groups is 2. The van der Waals surface area contributed by atoms with Gasteiger partial charge in [-0.1, -0.05) is 6.92 Å². The third-order valence-corrected chi connectivity index (χ3v) is 0.587. The van der Waals surface area contributed by atoms with Crippen LogP contribution in [0.15, 0.2) is 0 Å². The fourth-order valence-electron chi connectivity index (χ4n) is 0.310. The average Bonchev–Trinajstić information content (AvgIpc) is 1.65. The van der Waals surface area contributed by atoms with Crippen molar-refractivity contribution in [3.05, 3.63) is 5.21 Å². The monoisotopic (exact) mass is 118 g/mol. The standard InChI is InChI=1S/C5H12NO2/c1-4-6(7)8-5(2)3/h5H,4H2,1-3H3/q-1. The van der Waals surface area contributed by atoms with Crippen LogP contribution >= 0.6 is 0 Å². The smallest absolute Gasteiger partial charge is 0.0725 e. The molecule has 0 aliphatic carbocycles. The lowest BCUT2D eigenvalue weighted by atomic mass is 10.5. The maximum Gasteiger partial charge on any atom is 0.0725 e. The molecule has 0 saturated carbocycles. The van der Waals surface area contributed by atoms with E-state index in [1.165, 1.54) is 0 Å². The van der Waals surface area contributed by atoms with Gasteiger partial charge in [0.15, 0.2) is 0 Å². The highest BCUT2D eigenvalue weighted by atomic mass is 16.9. The van der Waals surface area contributed by atoms with Gasteiger partial charge < -0.3 is 10.0 Å². The van der Waals surface area contributed by atoms with Crippen molar-refractivity contribution in [2.24, 2.45) is 0 Å². The Kier molecular flexibility index (Phi) is 3.77. The third-order valence-electron chi connectivity index (χ3n) is 0.587. The van der Waals surface area contributed by atoms with Gasteiger partial charge in [-0.3, -0.25) is 5.23 Å². The zero-order valence-electron chi connectivity index (χ0n) is 5.55.